The molecule has 0 fully saturated rings. The van der Waals surface area contributed by atoms with Gasteiger partial charge in [0.25, 0.3) is 0 Å². The van der Waals surface area contributed by atoms with Gasteiger partial charge in [-0.15, -0.1) is 17.7 Å². The molecule has 5 aromatic carbocycles. The van der Waals surface area contributed by atoms with E-state index < -0.39 is 0 Å². The minimum absolute atomic E-state index is 0. The van der Waals surface area contributed by atoms with Crippen LogP contribution in [0.1, 0.15) is 0 Å². The molecule has 2 aromatic heterocycles. The molecular weight excluding hydrogens is 649 g/mol. The van der Waals surface area contributed by atoms with Crippen LogP contribution in [0.4, 0.5) is 0 Å². The summed E-state index contributed by atoms with van der Waals surface area (Å²) < 4.78 is 2.03. The van der Waals surface area contributed by atoms with Gasteiger partial charge >= 0.3 is 0 Å². The molecule has 0 aliphatic carbocycles. The monoisotopic (exact) mass is 671 g/mol. The van der Waals surface area contributed by atoms with E-state index in [4.69, 9.17) is 9.97 Å². The first-order chi connectivity index (χ1) is 18.2. The van der Waals surface area contributed by atoms with Crippen LogP contribution in [0.2, 0.25) is 0 Å². The molecule has 5 heteroatoms. The van der Waals surface area contributed by atoms with Crippen molar-refractivity contribution in [3.63, 3.8) is 0 Å². The second-order valence-corrected chi connectivity index (χ2v) is 9.21. The molecule has 7 aromatic rings. The maximum Gasteiger partial charge on any atom is 0.143 e. The molecule has 0 spiro atoms. The van der Waals surface area contributed by atoms with Gasteiger partial charge in [0, 0.05) is 40.0 Å². The molecule has 0 saturated carbocycles. The van der Waals surface area contributed by atoms with Crippen LogP contribution < -0.4 is 0 Å². The normalized spacial score (nSPS) is 11.2. The molecule has 0 amide bonds. The molecule has 0 saturated heterocycles. The molecule has 38 heavy (non-hydrogen) atoms. The van der Waals surface area contributed by atoms with Gasteiger partial charge in [-0.25, -0.2) is 4.98 Å². The fourth-order valence-corrected chi connectivity index (χ4v) is 5.24. The Labute approximate surface area is 234 Å². The van der Waals surface area contributed by atoms with E-state index in [1.54, 1.807) is 6.07 Å². The van der Waals surface area contributed by atoms with E-state index in [9.17, 15) is 5.11 Å². The molecule has 4 nitrogen and oxygen atoms in total. The van der Waals surface area contributed by atoms with Crippen molar-refractivity contribution in [2.75, 3.05) is 0 Å². The van der Waals surface area contributed by atoms with E-state index in [1.807, 2.05) is 54.2 Å². The molecule has 0 bridgehead atoms. The Morgan fingerprint density at radius 2 is 1.45 bits per heavy atom. The van der Waals surface area contributed by atoms with E-state index in [-0.39, 0.29) is 26.8 Å². The summed E-state index contributed by atoms with van der Waals surface area (Å²) in [6.07, 6.45) is 1.86. The van der Waals surface area contributed by atoms with Crippen molar-refractivity contribution in [3.05, 3.63) is 115 Å². The quantitative estimate of drug-likeness (QED) is 0.195. The van der Waals surface area contributed by atoms with Gasteiger partial charge in [-0.3, -0.25) is 4.98 Å². The SMILES string of the molecule is Cn1c(-c2ccccc2O)nc2c(-c3[c-]c(-c4nccc5ccccc45)cc4ccccc34)cccc21.[Pt]. The summed E-state index contributed by atoms with van der Waals surface area (Å²) in [6, 6.07) is 38.2. The van der Waals surface area contributed by atoms with Crippen molar-refractivity contribution < 1.29 is 26.2 Å². The second-order valence-electron chi connectivity index (χ2n) is 9.21. The number of phenols is 1. The van der Waals surface area contributed by atoms with E-state index in [0.29, 0.717) is 5.56 Å². The third-order valence-corrected chi connectivity index (χ3v) is 7.04. The number of rotatable bonds is 3. The number of fused-ring (bicyclic) bond motifs is 3. The number of hydrogen-bond acceptors (Lipinski definition) is 3. The molecule has 0 unspecified atom stereocenters. The number of pyridine rings is 1. The Morgan fingerprint density at radius 1 is 0.737 bits per heavy atom. The Hall–Kier alpha value is -4.27. The number of aromatic hydroxyl groups is 1. The van der Waals surface area contributed by atoms with Crippen molar-refractivity contribution >= 4 is 32.6 Å². The van der Waals surface area contributed by atoms with E-state index in [2.05, 4.69) is 66.7 Å². The van der Waals surface area contributed by atoms with Gasteiger partial charge in [-0.05, 0) is 35.0 Å². The summed E-state index contributed by atoms with van der Waals surface area (Å²) in [5, 5.41) is 15.0. The number of imidazole rings is 1. The molecule has 0 radical (unpaired) electrons. The first kappa shape index (κ1) is 24.1. The molecule has 7 rings (SSSR count). The fourth-order valence-electron chi connectivity index (χ4n) is 5.24. The van der Waals surface area contributed by atoms with Crippen LogP contribution in [0.3, 0.4) is 0 Å². The number of aromatic nitrogens is 3. The molecular formula is C33H22N3OPt-. The van der Waals surface area contributed by atoms with Gasteiger partial charge in [-0.1, -0.05) is 94.7 Å². The molecule has 0 atom stereocenters. The number of aryl methyl sites for hydroxylation is 1. The molecule has 2 heterocycles. The maximum absolute atomic E-state index is 10.5. The second kappa shape index (κ2) is 9.55. The maximum atomic E-state index is 10.5. The molecule has 186 valence electrons. The molecule has 0 aliphatic heterocycles. The fraction of sp³-hybridized carbons (Fsp3) is 0.0303. The zero-order valence-corrected chi connectivity index (χ0v) is 22.8. The first-order valence-electron chi connectivity index (χ1n) is 12.2. The Balaban J connectivity index is 0.00000264. The summed E-state index contributed by atoms with van der Waals surface area (Å²) in [5.74, 6) is 0.931. The first-order valence-corrected chi connectivity index (χ1v) is 12.2. The summed E-state index contributed by atoms with van der Waals surface area (Å²) in [4.78, 5) is 9.82. The average Bonchev–Trinajstić information content (AvgIpc) is 3.28. The molecule has 0 aliphatic rings. The summed E-state index contributed by atoms with van der Waals surface area (Å²) in [6.45, 7) is 0. The topological polar surface area (TPSA) is 50.9 Å². The van der Waals surface area contributed by atoms with Crippen LogP contribution in [0, 0.1) is 6.07 Å². The van der Waals surface area contributed by atoms with Gasteiger partial charge in [-0.2, -0.15) is 0 Å². The van der Waals surface area contributed by atoms with Gasteiger partial charge in [0.1, 0.15) is 11.6 Å². The zero-order chi connectivity index (χ0) is 24.9. The van der Waals surface area contributed by atoms with E-state index in [1.165, 1.54) is 0 Å². The van der Waals surface area contributed by atoms with Gasteiger partial charge in [0.2, 0.25) is 0 Å². The van der Waals surface area contributed by atoms with Crippen LogP contribution in [0.5, 0.6) is 5.75 Å². The summed E-state index contributed by atoms with van der Waals surface area (Å²) >= 11 is 0. The van der Waals surface area contributed by atoms with Crippen molar-refractivity contribution in [2.45, 2.75) is 0 Å². The van der Waals surface area contributed by atoms with Crippen LogP contribution in [-0.2, 0) is 28.1 Å². The van der Waals surface area contributed by atoms with Gasteiger partial charge in [0.05, 0.1) is 16.6 Å². The van der Waals surface area contributed by atoms with Crippen LogP contribution in [0.25, 0.3) is 66.4 Å². The van der Waals surface area contributed by atoms with Crippen molar-refractivity contribution in [3.8, 4) is 39.5 Å². The largest absolute Gasteiger partial charge is 0.507 e. The van der Waals surface area contributed by atoms with Crippen LogP contribution in [0.15, 0.2) is 109 Å². The standard InChI is InChI=1S/C33H22N3O.Pt/c1-36-29-15-8-14-26(32(29)35-33(36)27-13-6-7-16-30(27)37)28-20-23(19-22-10-3-4-11-24(22)28)31-25-12-5-2-9-21(25)17-18-34-31;/h2-19,37H,1H3;/q-1;. The van der Waals surface area contributed by atoms with Crippen molar-refractivity contribution in [1.29, 1.82) is 0 Å². The van der Waals surface area contributed by atoms with Crippen molar-refractivity contribution in [2.24, 2.45) is 7.05 Å². The Bertz CT molecular complexity index is 1970. The number of para-hydroxylation sites is 2. The predicted molar refractivity (Wildman–Crippen MR) is 150 cm³/mol. The number of benzene rings is 5. The third-order valence-electron chi connectivity index (χ3n) is 7.04. The van der Waals surface area contributed by atoms with Crippen molar-refractivity contribution in [1.82, 2.24) is 14.5 Å². The van der Waals surface area contributed by atoms with Crippen LogP contribution >= 0.6 is 0 Å². The minimum Gasteiger partial charge on any atom is -0.507 e. The average molecular weight is 672 g/mol. The van der Waals surface area contributed by atoms with E-state index >= 15 is 0 Å². The number of phenolic OH excluding ortho intramolecular Hbond substituents is 1. The number of nitrogens with zero attached hydrogens (tertiary/aromatic N) is 3. The zero-order valence-electron chi connectivity index (χ0n) is 20.5. The van der Waals surface area contributed by atoms with E-state index in [0.717, 1.165) is 60.8 Å². The summed E-state index contributed by atoms with van der Waals surface area (Å²) in [7, 11) is 1.99. The summed E-state index contributed by atoms with van der Waals surface area (Å²) in [5.41, 5.74) is 6.39. The van der Waals surface area contributed by atoms with Gasteiger partial charge < -0.3 is 9.67 Å². The predicted octanol–water partition coefficient (Wildman–Crippen LogP) is 7.78. The number of hydrogen-bond donors (Lipinski definition) is 1. The molecule has 1 N–H and O–H groups in total. The smallest absolute Gasteiger partial charge is 0.143 e. The Kier molecular flexibility index (Phi) is 6.06. The Morgan fingerprint density at radius 3 is 2.29 bits per heavy atom. The van der Waals surface area contributed by atoms with Crippen LogP contribution in [-0.4, -0.2) is 19.6 Å². The van der Waals surface area contributed by atoms with Gasteiger partial charge in [0.15, 0.2) is 0 Å². The third kappa shape index (κ3) is 3.81. The minimum atomic E-state index is 0.